The highest BCUT2D eigenvalue weighted by Crippen LogP contribution is 2.48. The number of rotatable bonds is 13. The number of amides is 2. The number of allylic oxidation sites excluding steroid dienone is 1. The molecule has 1 atom stereocenters. The first-order valence-corrected chi connectivity index (χ1v) is 16.6. The third-order valence-electron chi connectivity index (χ3n) is 9.21. The summed E-state index contributed by atoms with van der Waals surface area (Å²) in [5.74, 6) is 3.67. The zero-order valence-corrected chi connectivity index (χ0v) is 28.3. The van der Waals surface area contributed by atoms with Crippen LogP contribution in [0.15, 0.2) is 69.7 Å². The molecule has 0 radical (unpaired) electrons. The van der Waals surface area contributed by atoms with Crippen molar-refractivity contribution in [2.75, 3.05) is 6.54 Å². The molecule has 1 heterocycles. The number of nitrogens with zero attached hydrogens (tertiary/aromatic N) is 4. The van der Waals surface area contributed by atoms with Crippen LogP contribution >= 0.6 is 0 Å². The molecule has 1 aliphatic carbocycles. The van der Waals surface area contributed by atoms with Crippen molar-refractivity contribution in [2.45, 2.75) is 104 Å². The second kappa shape index (κ2) is 15.6. The van der Waals surface area contributed by atoms with Gasteiger partial charge in [0.15, 0.2) is 0 Å². The lowest BCUT2D eigenvalue weighted by Gasteiger charge is -2.46. The van der Waals surface area contributed by atoms with E-state index in [-0.39, 0.29) is 47.5 Å². The number of halogens is 2. The molecule has 254 valence electrons. The number of hydrogen-bond donors (Lipinski definition) is 3. The van der Waals surface area contributed by atoms with Crippen molar-refractivity contribution in [3.63, 3.8) is 0 Å². The van der Waals surface area contributed by atoms with Crippen LogP contribution in [0.2, 0.25) is 0 Å². The van der Waals surface area contributed by atoms with E-state index < -0.39 is 17.3 Å². The highest BCUT2D eigenvalue weighted by molar-refractivity contribution is 6.46. The first kappa shape index (κ1) is 35.7. The van der Waals surface area contributed by atoms with Gasteiger partial charge in [-0.15, -0.1) is 0 Å². The summed E-state index contributed by atoms with van der Waals surface area (Å²) in [4.78, 5) is 34.2. The summed E-state index contributed by atoms with van der Waals surface area (Å²) in [5, 5.41) is 9.56. The summed E-state index contributed by atoms with van der Waals surface area (Å²) in [7, 11) is 0. The van der Waals surface area contributed by atoms with Crippen LogP contribution in [0.1, 0.15) is 109 Å². The number of carbonyl (C=O) groups excluding carboxylic acids is 2. The number of carbonyl (C=O) groups is 2. The van der Waals surface area contributed by atoms with E-state index in [1.165, 1.54) is 12.1 Å². The maximum absolute atomic E-state index is 14.4. The summed E-state index contributed by atoms with van der Waals surface area (Å²) >= 11 is 0. The first-order chi connectivity index (χ1) is 22.4. The Kier molecular flexibility index (Phi) is 11.9. The van der Waals surface area contributed by atoms with E-state index in [0.29, 0.717) is 30.9 Å². The molecule has 9 nitrogen and oxygen atoms in total. The maximum Gasteiger partial charge on any atom is 0.275 e. The standard InChI is InChI=1S/C36H49F2N7O2/c1-6-8-24-13-17-36(18-14-24)41-33(27-20-28(37)22-29(38)21-27)34(47)45(36)31(15-16-35(3,4)5)26-11-9-25(10-12-26)19-32(46)40-23-30(7-2)42-44-43-39/h7,9-12,20-22,24,31H,6,8,13-19,23H2,1-5H3,(H2,39,44)(H,40,46)(H,42,43)/b30-7-/t24?,31-,36?/m1/s1. The zero-order valence-electron chi connectivity index (χ0n) is 28.3. The summed E-state index contributed by atoms with van der Waals surface area (Å²) < 4.78 is 28.7. The van der Waals surface area contributed by atoms with E-state index in [1.807, 2.05) is 36.1 Å². The van der Waals surface area contributed by atoms with Crippen LogP contribution in [0.5, 0.6) is 0 Å². The Morgan fingerprint density at radius 2 is 1.81 bits per heavy atom. The number of hydrogen-bond acceptors (Lipinski definition) is 5. The molecule has 4 rings (SSSR count). The van der Waals surface area contributed by atoms with Gasteiger partial charge in [-0.25, -0.2) is 8.78 Å². The smallest absolute Gasteiger partial charge is 0.275 e. The second-order valence-corrected chi connectivity index (χ2v) is 14.0. The summed E-state index contributed by atoms with van der Waals surface area (Å²) in [6.45, 7) is 10.8. The molecule has 1 aliphatic heterocycles. The SMILES string of the molecule is C/C=C(/CNC(=O)Cc1ccc([C@@H](CCC(C)(C)C)N2C(=O)C(c3cc(F)cc(F)c3)=NC23CCC(CCC)CC3)cc1)N/N=N\N. The molecule has 4 N–H and O–H groups in total. The van der Waals surface area contributed by atoms with Gasteiger partial charge in [-0.3, -0.25) is 20.0 Å². The lowest BCUT2D eigenvalue weighted by Crippen LogP contribution is -2.51. The molecule has 0 saturated heterocycles. The number of benzene rings is 2. The van der Waals surface area contributed by atoms with Crippen molar-refractivity contribution in [3.05, 3.63) is 82.6 Å². The van der Waals surface area contributed by atoms with Gasteiger partial charge in [0.05, 0.1) is 24.7 Å². The van der Waals surface area contributed by atoms with Gasteiger partial charge in [-0.1, -0.05) is 81.3 Å². The third kappa shape index (κ3) is 9.23. The molecule has 2 aliphatic rings. The Labute approximate surface area is 277 Å². The molecule has 47 heavy (non-hydrogen) atoms. The second-order valence-electron chi connectivity index (χ2n) is 14.0. The molecule has 2 aromatic carbocycles. The summed E-state index contributed by atoms with van der Waals surface area (Å²) in [6.07, 6.45) is 8.97. The van der Waals surface area contributed by atoms with E-state index in [0.717, 1.165) is 49.3 Å². The van der Waals surface area contributed by atoms with Crippen LogP contribution in [0, 0.1) is 23.0 Å². The van der Waals surface area contributed by atoms with Crippen molar-refractivity contribution in [2.24, 2.45) is 32.6 Å². The number of nitrogens with one attached hydrogen (secondary N) is 2. The quantitative estimate of drug-likeness (QED) is 0.120. The minimum absolute atomic E-state index is 0.00650. The number of aliphatic imine (C=N–C) groups is 1. The van der Waals surface area contributed by atoms with E-state index in [2.05, 4.69) is 48.9 Å². The topological polar surface area (TPSA) is 125 Å². The Morgan fingerprint density at radius 3 is 2.38 bits per heavy atom. The fourth-order valence-corrected chi connectivity index (χ4v) is 6.73. The fourth-order valence-electron chi connectivity index (χ4n) is 6.73. The Morgan fingerprint density at radius 1 is 1.15 bits per heavy atom. The van der Waals surface area contributed by atoms with Gasteiger partial charge in [0.1, 0.15) is 23.0 Å². The van der Waals surface area contributed by atoms with Crippen molar-refractivity contribution >= 4 is 17.5 Å². The molecule has 11 heteroatoms. The highest BCUT2D eigenvalue weighted by Gasteiger charge is 2.52. The van der Waals surface area contributed by atoms with Crippen LogP contribution in [-0.4, -0.2) is 34.6 Å². The van der Waals surface area contributed by atoms with Gasteiger partial charge in [-0.2, -0.15) is 0 Å². The lowest BCUT2D eigenvalue weighted by molar-refractivity contribution is -0.133. The molecule has 0 aromatic heterocycles. The van der Waals surface area contributed by atoms with Gasteiger partial charge >= 0.3 is 0 Å². The van der Waals surface area contributed by atoms with Crippen molar-refractivity contribution < 1.29 is 18.4 Å². The normalized spacial score (nSPS) is 21.0. The van der Waals surface area contributed by atoms with Crippen molar-refractivity contribution in [1.29, 1.82) is 0 Å². The molecular formula is C36H49F2N7O2. The van der Waals surface area contributed by atoms with Gasteiger partial charge in [0.2, 0.25) is 5.91 Å². The van der Waals surface area contributed by atoms with Crippen LogP contribution in [0.25, 0.3) is 0 Å². The van der Waals surface area contributed by atoms with Gasteiger partial charge in [-0.05, 0) is 80.0 Å². The fraction of sp³-hybridized carbons (Fsp3) is 0.528. The van der Waals surface area contributed by atoms with Gasteiger partial charge in [0.25, 0.3) is 5.91 Å². The largest absolute Gasteiger partial charge is 0.350 e. The molecule has 2 amide bonds. The van der Waals surface area contributed by atoms with Crippen molar-refractivity contribution in [3.8, 4) is 0 Å². The molecule has 1 saturated carbocycles. The minimum Gasteiger partial charge on any atom is -0.350 e. The summed E-state index contributed by atoms with van der Waals surface area (Å²) in [6, 6.07) is 10.7. The Hall–Kier alpha value is -4.15. The minimum atomic E-state index is -0.789. The van der Waals surface area contributed by atoms with Gasteiger partial charge < -0.3 is 16.1 Å². The molecule has 0 unspecified atom stereocenters. The molecule has 1 spiro atoms. The molecule has 2 aromatic rings. The Bertz CT molecular complexity index is 1470. The lowest BCUT2D eigenvalue weighted by atomic mass is 9.78. The predicted molar refractivity (Wildman–Crippen MR) is 180 cm³/mol. The summed E-state index contributed by atoms with van der Waals surface area (Å²) in [5.41, 5.74) is 4.59. The van der Waals surface area contributed by atoms with Crippen LogP contribution in [0.4, 0.5) is 8.78 Å². The zero-order chi connectivity index (χ0) is 34.2. The van der Waals surface area contributed by atoms with Crippen molar-refractivity contribution in [1.82, 2.24) is 15.6 Å². The molecular weight excluding hydrogens is 600 g/mol. The highest BCUT2D eigenvalue weighted by atomic mass is 19.1. The third-order valence-corrected chi connectivity index (χ3v) is 9.21. The van der Waals surface area contributed by atoms with E-state index in [1.54, 1.807) is 6.08 Å². The average Bonchev–Trinajstić information content (AvgIpc) is 3.29. The average molecular weight is 650 g/mol. The van der Waals surface area contributed by atoms with E-state index in [9.17, 15) is 18.4 Å². The van der Waals surface area contributed by atoms with E-state index >= 15 is 0 Å². The van der Waals surface area contributed by atoms with Crippen LogP contribution < -0.4 is 16.6 Å². The van der Waals surface area contributed by atoms with Gasteiger partial charge in [0, 0.05) is 11.6 Å². The molecule has 1 fully saturated rings. The monoisotopic (exact) mass is 649 g/mol. The van der Waals surface area contributed by atoms with Crippen LogP contribution in [-0.2, 0) is 16.0 Å². The number of nitrogens with two attached hydrogens (primary N) is 1. The first-order valence-electron chi connectivity index (χ1n) is 16.6. The maximum atomic E-state index is 14.4. The predicted octanol–water partition coefficient (Wildman–Crippen LogP) is 7.24. The Balaban J connectivity index is 1.64. The van der Waals surface area contributed by atoms with Crippen LogP contribution in [0.3, 0.4) is 0 Å². The van der Waals surface area contributed by atoms with E-state index in [4.69, 9.17) is 10.8 Å². The molecule has 0 bridgehead atoms.